The van der Waals surface area contributed by atoms with Gasteiger partial charge < -0.3 is 10.2 Å². The van der Waals surface area contributed by atoms with E-state index in [9.17, 15) is 8.42 Å². The van der Waals surface area contributed by atoms with Gasteiger partial charge in [-0.05, 0) is 36.1 Å². The van der Waals surface area contributed by atoms with E-state index in [0.29, 0.717) is 23.1 Å². The molecule has 1 aromatic heterocycles. The van der Waals surface area contributed by atoms with Crippen molar-refractivity contribution in [3.05, 3.63) is 45.6 Å². The van der Waals surface area contributed by atoms with E-state index in [1.54, 1.807) is 23.5 Å². The molecule has 0 amide bonds. The number of anilines is 1. The Labute approximate surface area is 168 Å². The van der Waals surface area contributed by atoms with Crippen LogP contribution in [-0.4, -0.2) is 63.3 Å². The summed E-state index contributed by atoms with van der Waals surface area (Å²) in [6.07, 6.45) is 1.09. The molecule has 6 nitrogen and oxygen atoms in total. The molecule has 0 saturated carbocycles. The fourth-order valence-corrected chi connectivity index (χ4v) is 5.46. The Kier molecular flexibility index (Phi) is 5.52. The van der Waals surface area contributed by atoms with Gasteiger partial charge in [0.2, 0.25) is 0 Å². The lowest BCUT2D eigenvalue weighted by atomic mass is 10.2. The predicted molar refractivity (Wildman–Crippen MR) is 111 cm³/mol. The fourth-order valence-electron chi connectivity index (χ4n) is 3.36. The molecule has 0 bridgehead atoms. The van der Waals surface area contributed by atoms with Crippen LogP contribution >= 0.6 is 22.9 Å². The summed E-state index contributed by atoms with van der Waals surface area (Å²) in [7, 11) is -3.70. The highest BCUT2D eigenvalue weighted by Gasteiger charge is 2.27. The fraction of sp³-hybridized carbons (Fsp3) is 0.389. The molecule has 2 aliphatic heterocycles. The number of nitrogens with zero attached hydrogens (tertiary/aromatic N) is 3. The third kappa shape index (κ3) is 4.52. The number of sulfonamides is 1. The lowest BCUT2D eigenvalue weighted by Crippen LogP contribution is -2.49. The van der Waals surface area contributed by atoms with Crippen LogP contribution in [0.1, 0.15) is 4.88 Å². The van der Waals surface area contributed by atoms with Crippen LogP contribution in [-0.2, 0) is 16.4 Å². The zero-order valence-corrected chi connectivity index (χ0v) is 17.2. The maximum Gasteiger partial charge on any atom is 0.286 e. The average Bonchev–Trinajstić information content (AvgIpc) is 3.15. The van der Waals surface area contributed by atoms with Gasteiger partial charge >= 0.3 is 0 Å². The minimum atomic E-state index is -3.70. The molecule has 4 rings (SSSR count). The number of hydrogen-bond donors (Lipinski definition) is 1. The summed E-state index contributed by atoms with van der Waals surface area (Å²) in [6.45, 7) is 5.34. The lowest BCUT2D eigenvalue weighted by Gasteiger charge is -2.35. The van der Waals surface area contributed by atoms with Gasteiger partial charge in [0.25, 0.3) is 10.0 Å². The minimum Gasteiger partial charge on any atom is -0.341 e. The molecule has 144 valence electrons. The van der Waals surface area contributed by atoms with Crippen molar-refractivity contribution in [1.29, 1.82) is 0 Å². The largest absolute Gasteiger partial charge is 0.341 e. The van der Waals surface area contributed by atoms with Crippen LogP contribution in [0.2, 0.25) is 5.02 Å². The van der Waals surface area contributed by atoms with Crippen molar-refractivity contribution < 1.29 is 8.42 Å². The van der Waals surface area contributed by atoms with Gasteiger partial charge in [-0.15, -0.1) is 15.7 Å². The van der Waals surface area contributed by atoms with E-state index >= 15 is 0 Å². The molecule has 1 fully saturated rings. The van der Waals surface area contributed by atoms with Crippen LogP contribution in [0.25, 0.3) is 0 Å². The first kappa shape index (κ1) is 18.9. The van der Waals surface area contributed by atoms with Crippen LogP contribution in [0.3, 0.4) is 0 Å². The SMILES string of the molecule is O=S1(=O)N=C(CN2CCN(CCc3cccs3)CC2)Nc2ccc(Cl)cc21. The van der Waals surface area contributed by atoms with Gasteiger partial charge in [0.1, 0.15) is 10.7 Å². The summed E-state index contributed by atoms with van der Waals surface area (Å²) in [5, 5.41) is 5.64. The molecule has 0 aliphatic carbocycles. The second-order valence-corrected chi connectivity index (χ2v) is 9.77. The van der Waals surface area contributed by atoms with Crippen molar-refractivity contribution in [1.82, 2.24) is 9.80 Å². The van der Waals surface area contributed by atoms with Gasteiger partial charge in [0.05, 0.1) is 12.2 Å². The van der Waals surface area contributed by atoms with Gasteiger partial charge in [0, 0.05) is 42.6 Å². The first-order chi connectivity index (χ1) is 13.0. The predicted octanol–water partition coefficient (Wildman–Crippen LogP) is 2.77. The van der Waals surface area contributed by atoms with Crippen molar-refractivity contribution in [2.24, 2.45) is 4.40 Å². The van der Waals surface area contributed by atoms with Crippen LogP contribution in [0.5, 0.6) is 0 Å². The molecule has 2 aliphatic rings. The molecule has 2 aromatic rings. The Bertz CT molecular complexity index is 936. The zero-order valence-electron chi connectivity index (χ0n) is 14.8. The quantitative estimate of drug-likeness (QED) is 0.799. The van der Waals surface area contributed by atoms with Crippen LogP contribution in [0.15, 0.2) is 45.0 Å². The van der Waals surface area contributed by atoms with Gasteiger partial charge in [-0.25, -0.2) is 0 Å². The molecule has 27 heavy (non-hydrogen) atoms. The topological polar surface area (TPSA) is 65.0 Å². The number of nitrogens with one attached hydrogen (secondary N) is 1. The lowest BCUT2D eigenvalue weighted by molar-refractivity contribution is 0.147. The molecule has 1 N–H and O–H groups in total. The third-order valence-electron chi connectivity index (χ3n) is 4.82. The summed E-state index contributed by atoms with van der Waals surface area (Å²) in [6, 6.07) is 9.08. The highest BCUT2D eigenvalue weighted by molar-refractivity contribution is 7.90. The van der Waals surface area contributed by atoms with E-state index in [0.717, 1.165) is 39.1 Å². The van der Waals surface area contributed by atoms with Crippen molar-refractivity contribution >= 4 is 44.5 Å². The summed E-state index contributed by atoms with van der Waals surface area (Å²) in [5.41, 5.74) is 0.541. The number of thiophene rings is 1. The van der Waals surface area contributed by atoms with Gasteiger partial charge in [-0.3, -0.25) is 4.90 Å². The second kappa shape index (κ2) is 7.89. The Morgan fingerprint density at radius 3 is 2.67 bits per heavy atom. The van der Waals surface area contributed by atoms with Crippen molar-refractivity contribution in [2.45, 2.75) is 11.3 Å². The highest BCUT2D eigenvalue weighted by Crippen LogP contribution is 2.29. The van der Waals surface area contributed by atoms with E-state index in [1.165, 1.54) is 10.9 Å². The Hall–Kier alpha value is -1.45. The zero-order chi connectivity index (χ0) is 18.9. The van der Waals surface area contributed by atoms with Crippen molar-refractivity contribution in [3.63, 3.8) is 0 Å². The van der Waals surface area contributed by atoms with Gasteiger partial charge in [0.15, 0.2) is 0 Å². The molecule has 0 radical (unpaired) electrons. The number of fused-ring (bicyclic) bond motifs is 1. The van der Waals surface area contributed by atoms with Gasteiger partial charge in [-0.1, -0.05) is 17.7 Å². The van der Waals surface area contributed by atoms with Crippen molar-refractivity contribution in [2.75, 3.05) is 44.6 Å². The first-order valence-electron chi connectivity index (χ1n) is 8.87. The molecule has 1 aromatic carbocycles. The molecule has 0 unspecified atom stereocenters. The number of amidine groups is 1. The summed E-state index contributed by atoms with van der Waals surface area (Å²) in [4.78, 5) is 6.25. The first-order valence-corrected chi connectivity index (χ1v) is 11.6. The Morgan fingerprint density at radius 1 is 1.15 bits per heavy atom. The second-order valence-electron chi connectivity index (χ2n) is 6.73. The molecule has 1 saturated heterocycles. The van der Waals surface area contributed by atoms with Crippen LogP contribution in [0, 0.1) is 0 Å². The summed E-state index contributed by atoms with van der Waals surface area (Å²) >= 11 is 7.72. The maximum absolute atomic E-state index is 12.4. The number of halogens is 1. The van der Waals surface area contributed by atoms with Gasteiger partial charge in [-0.2, -0.15) is 8.42 Å². The van der Waals surface area contributed by atoms with Crippen LogP contribution in [0.4, 0.5) is 5.69 Å². The Balaban J connectivity index is 1.33. The molecular weight excluding hydrogens is 404 g/mol. The highest BCUT2D eigenvalue weighted by atomic mass is 35.5. The number of piperazine rings is 1. The van der Waals surface area contributed by atoms with E-state index in [2.05, 4.69) is 37.0 Å². The number of hydrogen-bond acceptors (Lipinski definition) is 6. The smallest absolute Gasteiger partial charge is 0.286 e. The monoisotopic (exact) mass is 424 g/mol. The maximum atomic E-state index is 12.4. The third-order valence-corrected chi connectivity index (χ3v) is 7.35. The van der Waals surface area contributed by atoms with E-state index in [4.69, 9.17) is 11.6 Å². The minimum absolute atomic E-state index is 0.136. The normalized spacial score (nSPS) is 20.0. The van der Waals surface area contributed by atoms with E-state index in [-0.39, 0.29) is 4.90 Å². The average molecular weight is 425 g/mol. The van der Waals surface area contributed by atoms with E-state index < -0.39 is 10.0 Å². The summed E-state index contributed by atoms with van der Waals surface area (Å²) in [5.74, 6) is 0.469. The number of rotatable bonds is 5. The summed E-state index contributed by atoms with van der Waals surface area (Å²) < 4.78 is 28.8. The Morgan fingerprint density at radius 2 is 1.93 bits per heavy atom. The molecule has 3 heterocycles. The standard InChI is InChI=1S/C18H21ClN4O2S2/c19-14-3-4-16-17(12-14)27(24,25)21-18(20-16)13-23-9-7-22(8-10-23)6-5-15-2-1-11-26-15/h1-4,11-12H,5-10,13H2,(H,20,21). The molecule has 0 spiro atoms. The van der Waals surface area contributed by atoms with Crippen molar-refractivity contribution in [3.8, 4) is 0 Å². The van der Waals surface area contributed by atoms with Crippen LogP contribution < -0.4 is 5.32 Å². The molecule has 9 heteroatoms. The van der Waals surface area contributed by atoms with E-state index in [1.807, 2.05) is 0 Å². The number of benzene rings is 1. The molecular formula is C18H21ClN4O2S2. The molecule has 0 atom stereocenters.